The number of aryl methyl sites for hydroxylation is 1. The van der Waals surface area contributed by atoms with E-state index in [1.54, 1.807) is 12.3 Å². The molecule has 0 fully saturated rings. The number of nitrogens with one attached hydrogen (secondary N) is 1. The molecular weight excluding hydrogens is 248 g/mol. The van der Waals surface area contributed by atoms with E-state index in [1.807, 2.05) is 37.3 Å². The van der Waals surface area contributed by atoms with Crippen LogP contribution in [0.15, 0.2) is 42.6 Å². The second-order valence-electron chi connectivity index (χ2n) is 5.97. The first-order valence-corrected chi connectivity index (χ1v) is 6.71. The highest BCUT2D eigenvalue weighted by Crippen LogP contribution is 2.23. The lowest BCUT2D eigenvalue weighted by atomic mass is 9.87. The van der Waals surface area contributed by atoms with Crippen LogP contribution in [0, 0.1) is 6.92 Å². The molecule has 1 aromatic heterocycles. The van der Waals surface area contributed by atoms with Crippen LogP contribution in [-0.4, -0.2) is 10.9 Å². The summed E-state index contributed by atoms with van der Waals surface area (Å²) in [5, 5.41) is 2.88. The number of carbonyl (C=O) groups is 1. The number of amides is 1. The molecule has 0 saturated carbocycles. The quantitative estimate of drug-likeness (QED) is 0.896. The average molecular weight is 268 g/mol. The van der Waals surface area contributed by atoms with Crippen LogP contribution in [0.5, 0.6) is 0 Å². The monoisotopic (exact) mass is 268 g/mol. The Balaban J connectivity index is 2.10. The highest BCUT2D eigenvalue weighted by Gasteiger charge is 2.13. The Hall–Kier alpha value is -2.16. The standard InChI is InChI=1S/C17H20N2O/c1-12-5-6-13(11-18-12)16(20)19-15-9-7-14(8-10-15)17(2,3)4/h5-11H,1-4H3,(H,19,20). The van der Waals surface area contributed by atoms with E-state index in [1.165, 1.54) is 5.56 Å². The normalized spacial score (nSPS) is 11.2. The largest absolute Gasteiger partial charge is 0.322 e. The smallest absolute Gasteiger partial charge is 0.257 e. The molecule has 0 atom stereocenters. The van der Waals surface area contributed by atoms with E-state index in [-0.39, 0.29) is 11.3 Å². The summed E-state index contributed by atoms with van der Waals surface area (Å²) in [6.07, 6.45) is 1.59. The molecule has 1 aromatic carbocycles. The van der Waals surface area contributed by atoms with Gasteiger partial charge < -0.3 is 5.32 Å². The van der Waals surface area contributed by atoms with Gasteiger partial charge >= 0.3 is 0 Å². The maximum Gasteiger partial charge on any atom is 0.257 e. The summed E-state index contributed by atoms with van der Waals surface area (Å²) in [5.41, 5.74) is 3.62. The number of rotatable bonds is 2. The van der Waals surface area contributed by atoms with Gasteiger partial charge in [0.05, 0.1) is 5.56 Å². The lowest BCUT2D eigenvalue weighted by Gasteiger charge is -2.19. The summed E-state index contributed by atoms with van der Waals surface area (Å²) in [6.45, 7) is 8.39. The predicted molar refractivity (Wildman–Crippen MR) is 82.1 cm³/mol. The average Bonchev–Trinajstić information content (AvgIpc) is 2.39. The van der Waals surface area contributed by atoms with Crippen LogP contribution >= 0.6 is 0 Å². The third-order valence-corrected chi connectivity index (χ3v) is 3.18. The van der Waals surface area contributed by atoms with Crippen molar-refractivity contribution in [1.29, 1.82) is 0 Å². The van der Waals surface area contributed by atoms with E-state index in [9.17, 15) is 4.79 Å². The fourth-order valence-corrected chi connectivity index (χ4v) is 1.86. The molecule has 2 rings (SSSR count). The van der Waals surface area contributed by atoms with Crippen LogP contribution in [0.25, 0.3) is 0 Å². The van der Waals surface area contributed by atoms with Gasteiger partial charge in [-0.3, -0.25) is 9.78 Å². The molecule has 3 heteroatoms. The molecule has 0 aliphatic heterocycles. The van der Waals surface area contributed by atoms with Crippen LogP contribution < -0.4 is 5.32 Å². The van der Waals surface area contributed by atoms with Crippen molar-refractivity contribution in [2.45, 2.75) is 33.1 Å². The van der Waals surface area contributed by atoms with Gasteiger partial charge in [0, 0.05) is 17.6 Å². The van der Waals surface area contributed by atoms with E-state index in [2.05, 4.69) is 31.1 Å². The van der Waals surface area contributed by atoms with Crippen LogP contribution in [0.3, 0.4) is 0 Å². The number of carbonyl (C=O) groups excluding carboxylic acids is 1. The molecule has 3 nitrogen and oxygen atoms in total. The first-order valence-electron chi connectivity index (χ1n) is 6.71. The van der Waals surface area contributed by atoms with E-state index in [4.69, 9.17) is 0 Å². The van der Waals surface area contributed by atoms with Gasteiger partial charge in [0.1, 0.15) is 0 Å². The number of benzene rings is 1. The molecule has 2 aromatic rings. The third kappa shape index (κ3) is 3.44. The lowest BCUT2D eigenvalue weighted by Crippen LogP contribution is -2.13. The molecule has 0 unspecified atom stereocenters. The summed E-state index contributed by atoms with van der Waals surface area (Å²) in [5.74, 6) is -0.138. The molecular formula is C17H20N2O. The Morgan fingerprint density at radius 1 is 1.05 bits per heavy atom. The Bertz CT molecular complexity index is 592. The van der Waals surface area contributed by atoms with Crippen LogP contribution in [0.1, 0.15) is 42.4 Å². The number of hydrogen-bond acceptors (Lipinski definition) is 2. The van der Waals surface area contributed by atoms with Crippen molar-refractivity contribution in [2.75, 3.05) is 5.32 Å². The SMILES string of the molecule is Cc1ccc(C(=O)Nc2ccc(C(C)(C)C)cc2)cn1. The maximum absolute atomic E-state index is 12.1. The van der Waals surface area contributed by atoms with Crippen molar-refractivity contribution >= 4 is 11.6 Å². The Labute approximate surface area is 120 Å². The zero-order valence-electron chi connectivity index (χ0n) is 12.4. The minimum atomic E-state index is -0.138. The molecule has 1 amide bonds. The lowest BCUT2D eigenvalue weighted by molar-refractivity contribution is 0.102. The Morgan fingerprint density at radius 2 is 1.70 bits per heavy atom. The fraction of sp³-hybridized carbons (Fsp3) is 0.294. The van der Waals surface area contributed by atoms with Crippen LogP contribution in [-0.2, 0) is 5.41 Å². The molecule has 0 radical (unpaired) electrons. The fourth-order valence-electron chi connectivity index (χ4n) is 1.86. The summed E-state index contributed by atoms with van der Waals surface area (Å²) < 4.78 is 0. The topological polar surface area (TPSA) is 42.0 Å². The molecule has 1 heterocycles. The molecule has 0 aliphatic rings. The van der Waals surface area contributed by atoms with Crippen molar-refractivity contribution in [3.05, 3.63) is 59.4 Å². The molecule has 20 heavy (non-hydrogen) atoms. The van der Waals surface area contributed by atoms with Crippen LogP contribution in [0.2, 0.25) is 0 Å². The van der Waals surface area contributed by atoms with Gasteiger partial charge in [-0.25, -0.2) is 0 Å². The van der Waals surface area contributed by atoms with E-state index in [0.717, 1.165) is 11.4 Å². The van der Waals surface area contributed by atoms with Gasteiger partial charge in [0.2, 0.25) is 0 Å². The van der Waals surface area contributed by atoms with Gasteiger partial charge in [-0.2, -0.15) is 0 Å². The van der Waals surface area contributed by atoms with Gasteiger partial charge in [-0.05, 0) is 42.2 Å². The van der Waals surface area contributed by atoms with Gasteiger partial charge in [-0.15, -0.1) is 0 Å². The van der Waals surface area contributed by atoms with Crippen LogP contribution in [0.4, 0.5) is 5.69 Å². The van der Waals surface area contributed by atoms with Crippen molar-refractivity contribution in [1.82, 2.24) is 4.98 Å². The summed E-state index contributed by atoms with van der Waals surface area (Å²) >= 11 is 0. The highest BCUT2D eigenvalue weighted by molar-refractivity contribution is 6.04. The minimum absolute atomic E-state index is 0.114. The predicted octanol–water partition coefficient (Wildman–Crippen LogP) is 3.94. The molecule has 1 N–H and O–H groups in total. The van der Waals surface area contributed by atoms with Crippen molar-refractivity contribution < 1.29 is 4.79 Å². The van der Waals surface area contributed by atoms with Gasteiger partial charge in [0.25, 0.3) is 5.91 Å². The van der Waals surface area contributed by atoms with Gasteiger partial charge in [-0.1, -0.05) is 32.9 Å². The first kappa shape index (κ1) is 14.3. The second-order valence-corrected chi connectivity index (χ2v) is 5.97. The van der Waals surface area contributed by atoms with E-state index >= 15 is 0 Å². The molecule has 0 saturated heterocycles. The highest BCUT2D eigenvalue weighted by atomic mass is 16.1. The van der Waals surface area contributed by atoms with E-state index < -0.39 is 0 Å². The Kier molecular flexibility index (Phi) is 3.89. The van der Waals surface area contributed by atoms with Crippen molar-refractivity contribution in [3.8, 4) is 0 Å². The minimum Gasteiger partial charge on any atom is -0.322 e. The summed E-state index contributed by atoms with van der Waals surface area (Å²) in [7, 11) is 0. The zero-order valence-corrected chi connectivity index (χ0v) is 12.4. The molecule has 0 aliphatic carbocycles. The second kappa shape index (κ2) is 5.45. The molecule has 0 bridgehead atoms. The maximum atomic E-state index is 12.1. The van der Waals surface area contributed by atoms with E-state index in [0.29, 0.717) is 5.56 Å². The number of anilines is 1. The van der Waals surface area contributed by atoms with Crippen molar-refractivity contribution in [2.24, 2.45) is 0 Å². The van der Waals surface area contributed by atoms with Crippen molar-refractivity contribution in [3.63, 3.8) is 0 Å². The number of pyridine rings is 1. The number of aromatic nitrogens is 1. The third-order valence-electron chi connectivity index (χ3n) is 3.18. The summed E-state index contributed by atoms with van der Waals surface area (Å²) in [4.78, 5) is 16.2. The first-order chi connectivity index (χ1) is 9.36. The summed E-state index contributed by atoms with van der Waals surface area (Å²) in [6, 6.07) is 11.6. The molecule has 0 spiro atoms. The number of hydrogen-bond donors (Lipinski definition) is 1. The zero-order chi connectivity index (χ0) is 14.8. The van der Waals surface area contributed by atoms with Gasteiger partial charge in [0.15, 0.2) is 0 Å². The Morgan fingerprint density at radius 3 is 2.20 bits per heavy atom. The molecule has 104 valence electrons. The number of nitrogens with zero attached hydrogens (tertiary/aromatic N) is 1.